The zero-order valence-corrected chi connectivity index (χ0v) is 10.7. The summed E-state index contributed by atoms with van der Waals surface area (Å²) in [6.07, 6.45) is 0.772. The standard InChI is InChI=1S/C13H14BrNO/c1-9(15)7-12-5-6-13(16-12)10-3-2-4-11(14)8-10/h2-6,8-9H,7,15H2,1H3. The topological polar surface area (TPSA) is 39.2 Å². The second kappa shape index (κ2) is 4.85. The molecule has 0 radical (unpaired) electrons. The summed E-state index contributed by atoms with van der Waals surface area (Å²) < 4.78 is 6.79. The van der Waals surface area contributed by atoms with Gasteiger partial charge < -0.3 is 10.2 Å². The number of hydrogen-bond donors (Lipinski definition) is 1. The van der Waals surface area contributed by atoms with Crippen LogP contribution in [0.15, 0.2) is 45.3 Å². The lowest BCUT2D eigenvalue weighted by Crippen LogP contribution is -2.17. The van der Waals surface area contributed by atoms with Crippen molar-refractivity contribution < 1.29 is 4.42 Å². The summed E-state index contributed by atoms with van der Waals surface area (Å²) >= 11 is 3.44. The highest BCUT2D eigenvalue weighted by molar-refractivity contribution is 9.10. The summed E-state index contributed by atoms with van der Waals surface area (Å²) in [5, 5.41) is 0. The Balaban J connectivity index is 2.24. The summed E-state index contributed by atoms with van der Waals surface area (Å²) in [5.74, 6) is 1.82. The Hall–Kier alpha value is -1.06. The minimum Gasteiger partial charge on any atom is -0.461 e. The summed E-state index contributed by atoms with van der Waals surface area (Å²) in [6.45, 7) is 1.97. The van der Waals surface area contributed by atoms with Gasteiger partial charge in [-0.05, 0) is 31.2 Å². The molecular formula is C13H14BrNO. The quantitative estimate of drug-likeness (QED) is 0.933. The van der Waals surface area contributed by atoms with Crippen LogP contribution in [0.1, 0.15) is 12.7 Å². The molecule has 16 heavy (non-hydrogen) atoms. The molecule has 0 bridgehead atoms. The fourth-order valence-electron chi connectivity index (χ4n) is 1.60. The molecule has 84 valence electrons. The number of furan rings is 1. The number of nitrogens with two attached hydrogens (primary N) is 1. The first kappa shape index (κ1) is 11.4. The van der Waals surface area contributed by atoms with Gasteiger partial charge in [0.15, 0.2) is 0 Å². The van der Waals surface area contributed by atoms with Crippen LogP contribution in [0.4, 0.5) is 0 Å². The zero-order valence-electron chi connectivity index (χ0n) is 9.11. The average Bonchev–Trinajstić information content (AvgIpc) is 2.65. The van der Waals surface area contributed by atoms with E-state index >= 15 is 0 Å². The van der Waals surface area contributed by atoms with Gasteiger partial charge in [0.2, 0.25) is 0 Å². The van der Waals surface area contributed by atoms with E-state index in [1.165, 1.54) is 0 Å². The molecule has 0 aliphatic carbocycles. The maximum Gasteiger partial charge on any atom is 0.134 e. The van der Waals surface area contributed by atoms with E-state index < -0.39 is 0 Å². The Morgan fingerprint density at radius 2 is 2.12 bits per heavy atom. The van der Waals surface area contributed by atoms with E-state index in [1.807, 2.05) is 43.3 Å². The van der Waals surface area contributed by atoms with Crippen LogP contribution in [0.5, 0.6) is 0 Å². The van der Waals surface area contributed by atoms with E-state index in [9.17, 15) is 0 Å². The predicted molar refractivity (Wildman–Crippen MR) is 69.2 cm³/mol. The highest BCUT2D eigenvalue weighted by Gasteiger charge is 2.06. The van der Waals surface area contributed by atoms with Crippen molar-refractivity contribution in [1.82, 2.24) is 0 Å². The van der Waals surface area contributed by atoms with E-state index in [4.69, 9.17) is 10.2 Å². The number of hydrogen-bond acceptors (Lipinski definition) is 2. The lowest BCUT2D eigenvalue weighted by atomic mass is 10.2. The fraction of sp³-hybridized carbons (Fsp3) is 0.231. The summed E-state index contributed by atoms with van der Waals surface area (Å²) in [7, 11) is 0. The molecule has 1 atom stereocenters. The van der Waals surface area contributed by atoms with Crippen molar-refractivity contribution in [3.05, 3.63) is 46.6 Å². The molecule has 0 aliphatic rings. The van der Waals surface area contributed by atoms with Gasteiger partial charge in [-0.3, -0.25) is 0 Å². The summed E-state index contributed by atoms with van der Waals surface area (Å²) in [6, 6.07) is 12.1. The van der Waals surface area contributed by atoms with Crippen molar-refractivity contribution in [3.63, 3.8) is 0 Å². The van der Waals surface area contributed by atoms with Crippen molar-refractivity contribution >= 4 is 15.9 Å². The van der Waals surface area contributed by atoms with Crippen molar-refractivity contribution in [3.8, 4) is 11.3 Å². The molecule has 1 heterocycles. The largest absolute Gasteiger partial charge is 0.461 e. The summed E-state index contributed by atoms with van der Waals surface area (Å²) in [4.78, 5) is 0. The van der Waals surface area contributed by atoms with Gasteiger partial charge in [0, 0.05) is 22.5 Å². The average molecular weight is 280 g/mol. The van der Waals surface area contributed by atoms with Crippen LogP contribution in [-0.4, -0.2) is 6.04 Å². The van der Waals surface area contributed by atoms with E-state index in [-0.39, 0.29) is 6.04 Å². The third-order valence-corrected chi connectivity index (χ3v) is 2.79. The molecule has 2 aromatic rings. The van der Waals surface area contributed by atoms with E-state index in [0.717, 1.165) is 28.0 Å². The van der Waals surface area contributed by atoms with Crippen LogP contribution in [-0.2, 0) is 6.42 Å². The Morgan fingerprint density at radius 3 is 2.81 bits per heavy atom. The van der Waals surface area contributed by atoms with Crippen molar-refractivity contribution in [1.29, 1.82) is 0 Å². The van der Waals surface area contributed by atoms with Crippen molar-refractivity contribution in [2.24, 2.45) is 5.73 Å². The molecule has 1 aromatic heterocycles. The zero-order chi connectivity index (χ0) is 11.5. The minimum absolute atomic E-state index is 0.126. The van der Waals surface area contributed by atoms with Gasteiger partial charge in [0.05, 0.1) is 0 Å². The number of rotatable bonds is 3. The molecule has 2 N–H and O–H groups in total. The van der Waals surface area contributed by atoms with Gasteiger partial charge in [-0.25, -0.2) is 0 Å². The number of benzene rings is 1. The first-order chi connectivity index (χ1) is 7.65. The SMILES string of the molecule is CC(N)Cc1ccc(-c2cccc(Br)c2)o1. The van der Waals surface area contributed by atoms with Gasteiger partial charge in [0.25, 0.3) is 0 Å². The van der Waals surface area contributed by atoms with Crippen LogP contribution in [0, 0.1) is 0 Å². The predicted octanol–water partition coefficient (Wildman–Crippen LogP) is 3.60. The van der Waals surface area contributed by atoms with Crippen LogP contribution in [0.25, 0.3) is 11.3 Å². The highest BCUT2D eigenvalue weighted by atomic mass is 79.9. The first-order valence-corrected chi connectivity index (χ1v) is 6.04. The molecule has 3 heteroatoms. The number of halogens is 1. The highest BCUT2D eigenvalue weighted by Crippen LogP contribution is 2.25. The molecule has 0 spiro atoms. The molecule has 1 aromatic carbocycles. The van der Waals surface area contributed by atoms with Crippen molar-refractivity contribution in [2.75, 3.05) is 0 Å². The molecule has 0 saturated heterocycles. The smallest absolute Gasteiger partial charge is 0.134 e. The van der Waals surface area contributed by atoms with Gasteiger partial charge in [-0.15, -0.1) is 0 Å². The van der Waals surface area contributed by atoms with Crippen LogP contribution >= 0.6 is 15.9 Å². The van der Waals surface area contributed by atoms with E-state index in [1.54, 1.807) is 0 Å². The molecule has 2 rings (SSSR count). The second-order valence-electron chi connectivity index (χ2n) is 3.96. The van der Waals surface area contributed by atoms with Gasteiger partial charge in [-0.1, -0.05) is 28.1 Å². The van der Waals surface area contributed by atoms with Crippen molar-refractivity contribution in [2.45, 2.75) is 19.4 Å². The Bertz CT molecular complexity index is 476. The minimum atomic E-state index is 0.126. The van der Waals surface area contributed by atoms with E-state index in [2.05, 4.69) is 15.9 Å². The second-order valence-corrected chi connectivity index (χ2v) is 4.87. The Labute approximate surface area is 104 Å². The van der Waals surface area contributed by atoms with Crippen LogP contribution in [0.2, 0.25) is 0 Å². The molecule has 2 nitrogen and oxygen atoms in total. The summed E-state index contributed by atoms with van der Waals surface area (Å²) in [5.41, 5.74) is 6.80. The Morgan fingerprint density at radius 1 is 1.31 bits per heavy atom. The lowest BCUT2D eigenvalue weighted by molar-refractivity contribution is 0.503. The van der Waals surface area contributed by atoms with Gasteiger partial charge >= 0.3 is 0 Å². The van der Waals surface area contributed by atoms with E-state index in [0.29, 0.717) is 0 Å². The third-order valence-electron chi connectivity index (χ3n) is 2.29. The maximum atomic E-state index is 5.73. The lowest BCUT2D eigenvalue weighted by Gasteiger charge is -2.01. The van der Waals surface area contributed by atoms with Crippen LogP contribution < -0.4 is 5.73 Å². The molecule has 0 aliphatic heterocycles. The first-order valence-electron chi connectivity index (χ1n) is 5.25. The van der Waals surface area contributed by atoms with Gasteiger partial charge in [-0.2, -0.15) is 0 Å². The normalized spacial score (nSPS) is 12.7. The third kappa shape index (κ3) is 2.74. The molecule has 0 fully saturated rings. The molecular weight excluding hydrogens is 266 g/mol. The molecule has 0 amide bonds. The Kier molecular flexibility index (Phi) is 3.46. The van der Waals surface area contributed by atoms with Gasteiger partial charge in [0.1, 0.15) is 11.5 Å². The monoisotopic (exact) mass is 279 g/mol. The molecule has 1 unspecified atom stereocenters. The van der Waals surface area contributed by atoms with Crippen LogP contribution in [0.3, 0.4) is 0 Å². The molecule has 0 saturated carbocycles. The maximum absolute atomic E-state index is 5.73. The fourth-order valence-corrected chi connectivity index (χ4v) is 2.00.